The highest BCUT2D eigenvalue weighted by Gasteiger charge is 2.24. The fraction of sp³-hybridized carbons (Fsp3) is 0.308. The molecule has 1 aliphatic rings. The van der Waals surface area contributed by atoms with Gasteiger partial charge in [-0.25, -0.2) is 8.42 Å². The fourth-order valence-corrected chi connectivity index (χ4v) is 5.44. The normalized spacial score (nSPS) is 18.7. The van der Waals surface area contributed by atoms with Gasteiger partial charge in [-0.3, -0.25) is 4.72 Å². The van der Waals surface area contributed by atoms with Gasteiger partial charge in [0.25, 0.3) is 10.0 Å². The number of hydrogen-bond donors (Lipinski definition) is 2. The Labute approximate surface area is 196 Å². The van der Waals surface area contributed by atoms with Gasteiger partial charge in [-0.05, 0) is 62.2 Å². The Morgan fingerprint density at radius 1 is 0.939 bits per heavy atom. The lowest BCUT2D eigenvalue weighted by atomic mass is 10.0. The van der Waals surface area contributed by atoms with Crippen LogP contribution >= 0.6 is 0 Å². The van der Waals surface area contributed by atoms with Crippen LogP contribution in [-0.2, 0) is 10.0 Å². The highest BCUT2D eigenvalue weighted by molar-refractivity contribution is 7.92. The summed E-state index contributed by atoms with van der Waals surface area (Å²) in [6, 6.07) is 21.1. The molecule has 1 saturated heterocycles. The van der Waals surface area contributed by atoms with Crippen molar-refractivity contribution in [1.82, 2.24) is 5.32 Å². The Kier molecular flexibility index (Phi) is 6.63. The SMILES string of the molecule is COc1ccc(NS(=O)(=O)c2ccc(-c3cccc(C)c3)cc2)cc1N1CC(C)NC(C)C1. The van der Waals surface area contributed by atoms with Crippen molar-refractivity contribution in [3.05, 3.63) is 72.3 Å². The van der Waals surface area contributed by atoms with Gasteiger partial charge in [-0.2, -0.15) is 0 Å². The number of benzene rings is 3. The van der Waals surface area contributed by atoms with Crippen LogP contribution in [0.1, 0.15) is 19.4 Å². The van der Waals surface area contributed by atoms with Gasteiger partial charge in [0, 0.05) is 25.2 Å². The number of anilines is 2. The molecule has 1 aliphatic heterocycles. The number of ether oxygens (including phenoxy) is 1. The molecule has 1 heterocycles. The lowest BCUT2D eigenvalue weighted by molar-refractivity contribution is 0.391. The minimum absolute atomic E-state index is 0.223. The quantitative estimate of drug-likeness (QED) is 0.554. The molecule has 3 aromatic carbocycles. The van der Waals surface area contributed by atoms with Gasteiger partial charge in [-0.1, -0.05) is 42.0 Å². The molecule has 6 nitrogen and oxygen atoms in total. The van der Waals surface area contributed by atoms with E-state index in [0.29, 0.717) is 17.8 Å². The second kappa shape index (κ2) is 9.45. The van der Waals surface area contributed by atoms with E-state index in [9.17, 15) is 8.42 Å². The second-order valence-corrected chi connectivity index (χ2v) is 10.4. The third kappa shape index (κ3) is 5.31. The van der Waals surface area contributed by atoms with Crippen molar-refractivity contribution in [3.63, 3.8) is 0 Å². The van der Waals surface area contributed by atoms with Crippen LogP contribution in [0.15, 0.2) is 71.6 Å². The van der Waals surface area contributed by atoms with Gasteiger partial charge in [0.05, 0.1) is 23.4 Å². The Balaban J connectivity index is 1.58. The minimum Gasteiger partial charge on any atom is -0.495 e. The summed E-state index contributed by atoms with van der Waals surface area (Å²) in [5.74, 6) is 0.724. The standard InChI is InChI=1S/C26H31N3O3S/c1-18-6-5-7-22(14-18)21-8-11-24(12-9-21)33(30,31)28-23-10-13-26(32-4)25(15-23)29-16-19(2)27-20(3)17-29/h5-15,19-20,27-28H,16-17H2,1-4H3. The maximum absolute atomic E-state index is 13.1. The molecule has 33 heavy (non-hydrogen) atoms. The predicted molar refractivity (Wildman–Crippen MR) is 135 cm³/mol. The molecule has 0 radical (unpaired) electrons. The van der Waals surface area contributed by atoms with Crippen molar-refractivity contribution in [1.29, 1.82) is 0 Å². The first kappa shape index (κ1) is 23.1. The highest BCUT2D eigenvalue weighted by atomic mass is 32.2. The first-order chi connectivity index (χ1) is 15.7. The van der Waals surface area contributed by atoms with Gasteiger partial charge in [-0.15, -0.1) is 0 Å². The van der Waals surface area contributed by atoms with Gasteiger partial charge in [0.2, 0.25) is 0 Å². The summed E-state index contributed by atoms with van der Waals surface area (Å²) in [6.07, 6.45) is 0. The van der Waals surface area contributed by atoms with E-state index in [-0.39, 0.29) is 4.90 Å². The van der Waals surface area contributed by atoms with E-state index in [1.165, 1.54) is 0 Å². The molecule has 2 N–H and O–H groups in total. The Morgan fingerprint density at radius 2 is 1.64 bits per heavy atom. The molecule has 2 unspecified atom stereocenters. The van der Waals surface area contributed by atoms with Gasteiger partial charge in [0.15, 0.2) is 0 Å². The number of piperazine rings is 1. The van der Waals surface area contributed by atoms with E-state index in [4.69, 9.17) is 4.74 Å². The van der Waals surface area contributed by atoms with Crippen molar-refractivity contribution in [2.75, 3.05) is 29.8 Å². The number of hydrogen-bond acceptors (Lipinski definition) is 5. The van der Waals surface area contributed by atoms with E-state index in [2.05, 4.69) is 34.9 Å². The number of nitrogens with one attached hydrogen (secondary N) is 2. The largest absolute Gasteiger partial charge is 0.495 e. The summed E-state index contributed by atoms with van der Waals surface area (Å²) < 4.78 is 34.5. The van der Waals surface area contributed by atoms with Crippen molar-refractivity contribution in [2.45, 2.75) is 37.8 Å². The molecule has 2 atom stereocenters. The molecule has 0 bridgehead atoms. The number of methoxy groups -OCH3 is 1. The Bertz CT molecular complexity index is 1220. The Hall–Kier alpha value is -3.03. The van der Waals surface area contributed by atoms with E-state index in [0.717, 1.165) is 41.2 Å². The molecule has 0 aliphatic carbocycles. The van der Waals surface area contributed by atoms with E-state index < -0.39 is 10.0 Å². The van der Waals surface area contributed by atoms with Gasteiger partial charge < -0.3 is 15.0 Å². The molecular weight excluding hydrogens is 434 g/mol. The lowest BCUT2D eigenvalue weighted by Gasteiger charge is -2.38. The molecule has 0 spiro atoms. The smallest absolute Gasteiger partial charge is 0.261 e. The molecule has 3 aromatic rings. The molecule has 174 valence electrons. The maximum Gasteiger partial charge on any atom is 0.261 e. The molecule has 7 heteroatoms. The zero-order chi connectivity index (χ0) is 23.6. The van der Waals surface area contributed by atoms with Crippen LogP contribution in [0.4, 0.5) is 11.4 Å². The van der Waals surface area contributed by atoms with E-state index >= 15 is 0 Å². The molecule has 0 saturated carbocycles. The monoisotopic (exact) mass is 465 g/mol. The second-order valence-electron chi connectivity index (χ2n) is 8.76. The first-order valence-corrected chi connectivity index (χ1v) is 12.6. The third-order valence-electron chi connectivity index (χ3n) is 5.85. The van der Waals surface area contributed by atoms with Gasteiger partial charge in [0.1, 0.15) is 5.75 Å². The summed E-state index contributed by atoms with van der Waals surface area (Å²) in [5, 5.41) is 3.52. The molecule has 0 amide bonds. The number of rotatable bonds is 6. The van der Waals surface area contributed by atoms with E-state index in [1.54, 1.807) is 25.3 Å². The average molecular weight is 466 g/mol. The third-order valence-corrected chi connectivity index (χ3v) is 7.24. The summed E-state index contributed by atoms with van der Waals surface area (Å²) in [4.78, 5) is 2.46. The average Bonchev–Trinajstić information content (AvgIpc) is 2.78. The van der Waals surface area contributed by atoms with Crippen LogP contribution < -0.4 is 19.7 Å². The van der Waals surface area contributed by atoms with Crippen LogP contribution in [0, 0.1) is 6.92 Å². The predicted octanol–water partition coefficient (Wildman–Crippen LogP) is 4.66. The van der Waals surface area contributed by atoms with Crippen LogP contribution in [0.2, 0.25) is 0 Å². The maximum atomic E-state index is 13.1. The zero-order valence-corrected chi connectivity index (χ0v) is 20.3. The number of aryl methyl sites for hydroxylation is 1. The summed E-state index contributed by atoms with van der Waals surface area (Å²) >= 11 is 0. The summed E-state index contributed by atoms with van der Waals surface area (Å²) in [6.45, 7) is 7.95. The van der Waals surface area contributed by atoms with Gasteiger partial charge >= 0.3 is 0 Å². The molecule has 0 aromatic heterocycles. The van der Waals surface area contributed by atoms with Crippen LogP contribution in [0.5, 0.6) is 5.75 Å². The van der Waals surface area contributed by atoms with Crippen molar-refractivity contribution in [3.8, 4) is 16.9 Å². The van der Waals surface area contributed by atoms with Crippen LogP contribution in [0.3, 0.4) is 0 Å². The summed E-state index contributed by atoms with van der Waals surface area (Å²) in [7, 11) is -2.10. The highest BCUT2D eigenvalue weighted by Crippen LogP contribution is 2.33. The Morgan fingerprint density at radius 3 is 2.27 bits per heavy atom. The summed E-state index contributed by atoms with van der Waals surface area (Å²) in [5.41, 5.74) is 4.59. The van der Waals surface area contributed by atoms with Crippen molar-refractivity contribution < 1.29 is 13.2 Å². The first-order valence-electron chi connectivity index (χ1n) is 11.1. The molecular formula is C26H31N3O3S. The zero-order valence-electron chi connectivity index (χ0n) is 19.5. The minimum atomic E-state index is -3.73. The number of sulfonamides is 1. The van der Waals surface area contributed by atoms with Crippen LogP contribution in [0.25, 0.3) is 11.1 Å². The fourth-order valence-electron chi connectivity index (χ4n) is 4.39. The van der Waals surface area contributed by atoms with Crippen molar-refractivity contribution >= 4 is 21.4 Å². The number of nitrogens with zero attached hydrogens (tertiary/aromatic N) is 1. The van der Waals surface area contributed by atoms with Crippen molar-refractivity contribution in [2.24, 2.45) is 0 Å². The molecule has 1 fully saturated rings. The topological polar surface area (TPSA) is 70.7 Å². The van der Waals surface area contributed by atoms with E-state index in [1.807, 2.05) is 49.4 Å². The molecule has 4 rings (SSSR count). The lowest BCUT2D eigenvalue weighted by Crippen LogP contribution is -2.54. The van der Waals surface area contributed by atoms with Crippen LogP contribution in [-0.4, -0.2) is 40.7 Å².